The van der Waals surface area contributed by atoms with Crippen molar-refractivity contribution in [1.82, 2.24) is 5.32 Å². The van der Waals surface area contributed by atoms with Gasteiger partial charge in [-0.15, -0.1) is 0 Å². The van der Waals surface area contributed by atoms with Crippen molar-refractivity contribution in [2.45, 2.75) is 13.5 Å². The topological polar surface area (TPSA) is 91.6 Å². The van der Waals surface area contributed by atoms with Crippen LogP contribution in [0.25, 0.3) is 0 Å². The molecule has 1 aromatic carbocycles. The quantitative estimate of drug-likeness (QED) is 0.759. The lowest BCUT2D eigenvalue weighted by Crippen LogP contribution is -2.22. The molecule has 0 fully saturated rings. The lowest BCUT2D eigenvalue weighted by molar-refractivity contribution is 0.0696. The van der Waals surface area contributed by atoms with E-state index in [2.05, 4.69) is 10.6 Å². The standard InChI is InChI=1S/C15H16N2O4/c1-2-16-14(18)10-3-5-12(6-4-10)17-8-13-7-11(9-21-13)15(19)20/h3-7,9,17H,2,8H2,1H3,(H,16,18)(H,19,20). The van der Waals surface area contributed by atoms with Gasteiger partial charge in [-0.2, -0.15) is 0 Å². The Morgan fingerprint density at radius 2 is 1.90 bits per heavy atom. The summed E-state index contributed by atoms with van der Waals surface area (Å²) in [5.74, 6) is -0.599. The Hall–Kier alpha value is -2.76. The zero-order chi connectivity index (χ0) is 15.2. The fourth-order valence-electron chi connectivity index (χ4n) is 1.78. The zero-order valence-corrected chi connectivity index (χ0v) is 11.6. The first-order chi connectivity index (χ1) is 10.1. The third kappa shape index (κ3) is 3.85. The van der Waals surface area contributed by atoms with E-state index in [0.717, 1.165) is 5.69 Å². The van der Waals surface area contributed by atoms with E-state index in [1.165, 1.54) is 12.3 Å². The normalized spacial score (nSPS) is 10.1. The third-order valence-corrected chi connectivity index (χ3v) is 2.85. The summed E-state index contributed by atoms with van der Waals surface area (Å²) in [6, 6.07) is 8.48. The van der Waals surface area contributed by atoms with Crippen LogP contribution in [-0.4, -0.2) is 23.5 Å². The van der Waals surface area contributed by atoms with Crippen LogP contribution in [0.2, 0.25) is 0 Å². The van der Waals surface area contributed by atoms with Gasteiger partial charge < -0.3 is 20.2 Å². The molecule has 1 heterocycles. The van der Waals surface area contributed by atoms with Gasteiger partial charge in [-0.25, -0.2) is 4.79 Å². The van der Waals surface area contributed by atoms with Crippen molar-refractivity contribution in [3.8, 4) is 0 Å². The van der Waals surface area contributed by atoms with Gasteiger partial charge in [-0.1, -0.05) is 0 Å². The number of hydrogen-bond acceptors (Lipinski definition) is 4. The van der Waals surface area contributed by atoms with Crippen LogP contribution in [0.3, 0.4) is 0 Å². The molecule has 0 spiro atoms. The van der Waals surface area contributed by atoms with Crippen molar-refractivity contribution < 1.29 is 19.1 Å². The first-order valence-electron chi connectivity index (χ1n) is 6.53. The second kappa shape index (κ2) is 6.60. The highest BCUT2D eigenvalue weighted by atomic mass is 16.4. The van der Waals surface area contributed by atoms with Crippen molar-refractivity contribution in [2.24, 2.45) is 0 Å². The number of nitrogens with one attached hydrogen (secondary N) is 2. The molecule has 1 aromatic heterocycles. The van der Waals surface area contributed by atoms with Crippen LogP contribution in [0, 0.1) is 0 Å². The van der Waals surface area contributed by atoms with Crippen LogP contribution in [-0.2, 0) is 6.54 Å². The molecule has 0 aliphatic carbocycles. The molecule has 2 rings (SSSR count). The highest BCUT2D eigenvalue weighted by Crippen LogP contribution is 2.13. The minimum atomic E-state index is -1.02. The molecule has 0 atom stereocenters. The lowest BCUT2D eigenvalue weighted by atomic mass is 10.2. The van der Waals surface area contributed by atoms with Crippen molar-refractivity contribution in [2.75, 3.05) is 11.9 Å². The monoisotopic (exact) mass is 288 g/mol. The lowest BCUT2D eigenvalue weighted by Gasteiger charge is -2.06. The Labute approximate surface area is 121 Å². The van der Waals surface area contributed by atoms with Crippen molar-refractivity contribution in [3.63, 3.8) is 0 Å². The van der Waals surface area contributed by atoms with Gasteiger partial charge in [0, 0.05) is 17.8 Å². The third-order valence-electron chi connectivity index (χ3n) is 2.85. The molecule has 6 nitrogen and oxygen atoms in total. The first kappa shape index (κ1) is 14.6. The van der Waals surface area contributed by atoms with Gasteiger partial charge in [0.2, 0.25) is 0 Å². The van der Waals surface area contributed by atoms with E-state index in [1.54, 1.807) is 24.3 Å². The Bertz CT molecular complexity index is 631. The molecule has 0 unspecified atom stereocenters. The number of aromatic carboxylic acids is 1. The summed E-state index contributed by atoms with van der Waals surface area (Å²) in [4.78, 5) is 22.3. The van der Waals surface area contributed by atoms with Crippen molar-refractivity contribution >= 4 is 17.6 Å². The van der Waals surface area contributed by atoms with Crippen LogP contribution in [0.5, 0.6) is 0 Å². The minimum Gasteiger partial charge on any atom is -0.478 e. The average Bonchev–Trinajstić information content (AvgIpc) is 2.95. The number of carbonyl (C=O) groups is 2. The summed E-state index contributed by atoms with van der Waals surface area (Å²) in [5, 5.41) is 14.6. The number of carboxylic acids is 1. The van der Waals surface area contributed by atoms with Crippen LogP contribution >= 0.6 is 0 Å². The number of furan rings is 1. The number of rotatable bonds is 6. The summed E-state index contributed by atoms with van der Waals surface area (Å²) < 4.78 is 5.13. The molecule has 1 amide bonds. The molecule has 110 valence electrons. The molecule has 0 saturated heterocycles. The number of carboxylic acid groups (broad SMARTS) is 1. The van der Waals surface area contributed by atoms with Gasteiger partial charge in [-0.3, -0.25) is 4.79 Å². The predicted octanol–water partition coefficient (Wildman–Crippen LogP) is 2.34. The maximum Gasteiger partial charge on any atom is 0.338 e. The van der Waals surface area contributed by atoms with Gasteiger partial charge in [-0.05, 0) is 37.3 Å². The number of carbonyl (C=O) groups excluding carboxylic acids is 1. The zero-order valence-electron chi connectivity index (χ0n) is 11.6. The van der Waals surface area contributed by atoms with Gasteiger partial charge in [0.15, 0.2) is 0 Å². The maximum absolute atomic E-state index is 11.6. The fourth-order valence-corrected chi connectivity index (χ4v) is 1.78. The first-order valence-corrected chi connectivity index (χ1v) is 6.53. The minimum absolute atomic E-state index is 0.110. The number of hydrogen-bond donors (Lipinski definition) is 3. The molecule has 0 aliphatic heterocycles. The maximum atomic E-state index is 11.6. The number of amides is 1. The van der Waals surface area contributed by atoms with E-state index >= 15 is 0 Å². The largest absolute Gasteiger partial charge is 0.478 e. The predicted molar refractivity (Wildman–Crippen MR) is 77.4 cm³/mol. The summed E-state index contributed by atoms with van der Waals surface area (Å²) in [6.45, 7) is 2.82. The van der Waals surface area contributed by atoms with Crippen LogP contribution < -0.4 is 10.6 Å². The molecular weight excluding hydrogens is 272 g/mol. The van der Waals surface area contributed by atoms with Crippen LogP contribution in [0.1, 0.15) is 33.4 Å². The van der Waals surface area contributed by atoms with E-state index in [4.69, 9.17) is 9.52 Å². The van der Waals surface area contributed by atoms with Gasteiger partial charge in [0.1, 0.15) is 12.0 Å². The second-order valence-electron chi connectivity index (χ2n) is 4.40. The summed E-state index contributed by atoms with van der Waals surface area (Å²) in [6.07, 6.45) is 1.21. The Balaban J connectivity index is 1.94. The van der Waals surface area contributed by atoms with Gasteiger partial charge >= 0.3 is 5.97 Å². The van der Waals surface area contributed by atoms with Crippen molar-refractivity contribution in [1.29, 1.82) is 0 Å². The van der Waals surface area contributed by atoms with E-state index < -0.39 is 5.97 Å². The van der Waals surface area contributed by atoms with Gasteiger partial charge in [0.05, 0.1) is 12.1 Å². The molecule has 6 heteroatoms. The van der Waals surface area contributed by atoms with E-state index in [1.807, 2.05) is 6.92 Å². The van der Waals surface area contributed by atoms with Crippen molar-refractivity contribution in [3.05, 3.63) is 53.5 Å². The molecular formula is C15H16N2O4. The molecule has 0 aliphatic rings. The summed E-state index contributed by atoms with van der Waals surface area (Å²) in [7, 11) is 0. The fraction of sp³-hybridized carbons (Fsp3) is 0.200. The van der Waals surface area contributed by atoms with E-state index in [9.17, 15) is 9.59 Å². The summed E-state index contributed by atoms with van der Waals surface area (Å²) >= 11 is 0. The molecule has 3 N–H and O–H groups in total. The van der Waals surface area contributed by atoms with E-state index in [-0.39, 0.29) is 11.5 Å². The van der Waals surface area contributed by atoms with Crippen LogP contribution in [0.4, 0.5) is 5.69 Å². The molecule has 21 heavy (non-hydrogen) atoms. The number of anilines is 1. The molecule has 0 radical (unpaired) electrons. The molecule has 2 aromatic rings. The molecule has 0 saturated carbocycles. The highest BCUT2D eigenvalue weighted by molar-refractivity contribution is 5.94. The van der Waals surface area contributed by atoms with Gasteiger partial charge in [0.25, 0.3) is 5.91 Å². The number of benzene rings is 1. The smallest absolute Gasteiger partial charge is 0.338 e. The average molecular weight is 288 g/mol. The summed E-state index contributed by atoms with van der Waals surface area (Å²) in [5.41, 5.74) is 1.53. The Kier molecular flexibility index (Phi) is 4.61. The highest BCUT2D eigenvalue weighted by Gasteiger charge is 2.08. The van der Waals surface area contributed by atoms with E-state index in [0.29, 0.717) is 24.4 Å². The Morgan fingerprint density at radius 3 is 2.48 bits per heavy atom. The second-order valence-corrected chi connectivity index (χ2v) is 4.40. The van der Waals surface area contributed by atoms with Crippen LogP contribution in [0.15, 0.2) is 41.0 Å². The SMILES string of the molecule is CCNC(=O)c1ccc(NCc2cc(C(=O)O)co2)cc1. The molecule has 0 bridgehead atoms. The Morgan fingerprint density at radius 1 is 1.19 bits per heavy atom.